The molecule has 1 fully saturated rings. The fourth-order valence-corrected chi connectivity index (χ4v) is 4.71. The number of pyridine rings is 1. The molecule has 6 rings (SSSR count). The van der Waals surface area contributed by atoms with E-state index in [1.54, 1.807) is 18.1 Å². The Morgan fingerprint density at radius 3 is 2.71 bits per heavy atom. The van der Waals surface area contributed by atoms with Crippen molar-refractivity contribution in [1.82, 2.24) is 25.4 Å². The molecule has 1 unspecified atom stereocenters. The quantitative estimate of drug-likeness (QED) is 0.449. The molecule has 8 nitrogen and oxygen atoms in total. The Morgan fingerprint density at radius 1 is 1.06 bits per heavy atom. The first kappa shape index (κ1) is 17.9. The van der Waals surface area contributed by atoms with E-state index in [2.05, 4.69) is 45.1 Å². The van der Waals surface area contributed by atoms with Crippen molar-refractivity contribution in [2.45, 2.75) is 24.9 Å². The summed E-state index contributed by atoms with van der Waals surface area (Å²) in [4.78, 5) is 30.9. The average Bonchev–Trinajstić information content (AvgIpc) is 3.43. The van der Waals surface area contributed by atoms with Crippen LogP contribution in [0.3, 0.4) is 0 Å². The van der Waals surface area contributed by atoms with Crippen LogP contribution in [0.25, 0.3) is 21.8 Å². The highest BCUT2D eigenvalue weighted by Crippen LogP contribution is 2.38. The molecule has 154 valence electrons. The van der Waals surface area contributed by atoms with E-state index in [0.29, 0.717) is 19.4 Å². The number of imide groups is 1. The summed E-state index contributed by atoms with van der Waals surface area (Å²) in [5, 5.41) is 15.0. The minimum Gasteiger partial charge on any atom is -0.379 e. The maximum atomic E-state index is 12.5. The molecule has 3 amide bonds. The molecule has 0 radical (unpaired) electrons. The fraction of sp³-hybridized carbons (Fsp3) is 0.217. The number of nitrogens with zero attached hydrogens (tertiary/aromatic N) is 3. The SMILES string of the molecule is CN1C(=O)NC(=O)C12Cc1cc3ccc(CNc4ccc5[nH]ncc5c4)nc3cc1C2. The molecular formula is C23H20N6O2. The van der Waals surface area contributed by atoms with Crippen LogP contribution in [0.4, 0.5) is 10.5 Å². The third kappa shape index (κ3) is 2.68. The third-order valence-corrected chi connectivity index (χ3v) is 6.54. The maximum Gasteiger partial charge on any atom is 0.324 e. The lowest BCUT2D eigenvalue weighted by Gasteiger charge is -2.27. The standard InChI is InChI=1S/C23H20N6O2/c1-29-22(31)27-21(30)23(29)9-14-6-13-2-3-18(26-20(13)8-15(14)10-23)12-24-17-4-5-19-16(7-17)11-25-28-19/h2-8,11,24H,9-10,12H2,1H3,(H,25,28)(H,27,30,31). The van der Waals surface area contributed by atoms with Crippen molar-refractivity contribution in [3.8, 4) is 0 Å². The number of aromatic nitrogens is 3. The van der Waals surface area contributed by atoms with Gasteiger partial charge in [-0.3, -0.25) is 20.2 Å². The van der Waals surface area contributed by atoms with Gasteiger partial charge in [-0.15, -0.1) is 0 Å². The number of benzene rings is 2. The number of amides is 3. The number of hydrogen-bond donors (Lipinski definition) is 3. The van der Waals surface area contributed by atoms with Gasteiger partial charge in [0.2, 0.25) is 0 Å². The Kier molecular flexibility index (Phi) is 3.62. The van der Waals surface area contributed by atoms with Crippen molar-refractivity contribution < 1.29 is 9.59 Å². The third-order valence-electron chi connectivity index (χ3n) is 6.54. The number of urea groups is 1. The van der Waals surface area contributed by atoms with E-state index in [1.807, 2.05) is 18.2 Å². The molecule has 1 aliphatic carbocycles. The molecule has 2 aromatic heterocycles. The number of fused-ring (bicyclic) bond motifs is 3. The van der Waals surface area contributed by atoms with E-state index in [9.17, 15) is 9.59 Å². The largest absolute Gasteiger partial charge is 0.379 e. The van der Waals surface area contributed by atoms with Gasteiger partial charge in [0, 0.05) is 36.3 Å². The number of nitrogens with one attached hydrogen (secondary N) is 3. The van der Waals surface area contributed by atoms with Crippen molar-refractivity contribution in [2.24, 2.45) is 0 Å². The van der Waals surface area contributed by atoms with Gasteiger partial charge in [-0.25, -0.2) is 4.79 Å². The van der Waals surface area contributed by atoms with Crippen LogP contribution in [0.2, 0.25) is 0 Å². The molecule has 3 N–H and O–H groups in total. The second kappa shape index (κ2) is 6.28. The number of aromatic amines is 1. The maximum absolute atomic E-state index is 12.5. The van der Waals surface area contributed by atoms with Gasteiger partial charge in [-0.1, -0.05) is 6.07 Å². The summed E-state index contributed by atoms with van der Waals surface area (Å²) in [5.74, 6) is -0.215. The minimum absolute atomic E-state index is 0.215. The molecule has 2 aliphatic rings. The minimum atomic E-state index is -0.813. The Balaban J connectivity index is 1.27. The highest BCUT2D eigenvalue weighted by Gasteiger charge is 2.54. The Morgan fingerprint density at radius 2 is 1.90 bits per heavy atom. The average molecular weight is 412 g/mol. The van der Waals surface area contributed by atoms with Crippen LogP contribution < -0.4 is 10.6 Å². The van der Waals surface area contributed by atoms with Gasteiger partial charge in [0.25, 0.3) is 5.91 Å². The van der Waals surface area contributed by atoms with E-state index in [4.69, 9.17) is 4.98 Å². The summed E-state index contributed by atoms with van der Waals surface area (Å²) < 4.78 is 0. The highest BCUT2D eigenvalue weighted by atomic mass is 16.2. The molecular weight excluding hydrogens is 392 g/mol. The van der Waals surface area contributed by atoms with Gasteiger partial charge >= 0.3 is 6.03 Å². The van der Waals surface area contributed by atoms with Gasteiger partial charge in [-0.2, -0.15) is 5.10 Å². The van der Waals surface area contributed by atoms with Crippen molar-refractivity contribution in [2.75, 3.05) is 12.4 Å². The molecule has 1 saturated heterocycles. The number of carbonyl (C=O) groups excluding carboxylic acids is 2. The van der Waals surface area contributed by atoms with Crippen molar-refractivity contribution >= 4 is 39.4 Å². The molecule has 3 heterocycles. The number of H-pyrrole nitrogens is 1. The zero-order chi connectivity index (χ0) is 21.2. The Labute approximate surface area is 177 Å². The topological polar surface area (TPSA) is 103 Å². The van der Waals surface area contributed by atoms with Crippen LogP contribution in [0.5, 0.6) is 0 Å². The summed E-state index contributed by atoms with van der Waals surface area (Å²) in [6, 6.07) is 14.0. The first-order valence-electron chi connectivity index (χ1n) is 10.2. The van der Waals surface area contributed by atoms with Crippen molar-refractivity contribution in [1.29, 1.82) is 0 Å². The summed E-state index contributed by atoms with van der Waals surface area (Å²) in [6.45, 7) is 0.597. The van der Waals surface area contributed by atoms with E-state index in [-0.39, 0.29) is 11.9 Å². The lowest BCUT2D eigenvalue weighted by Crippen LogP contribution is -2.48. The number of carbonyl (C=O) groups is 2. The number of hydrogen-bond acceptors (Lipinski definition) is 5. The van der Waals surface area contributed by atoms with E-state index in [0.717, 1.165) is 44.3 Å². The van der Waals surface area contributed by atoms with Crippen LogP contribution in [0.15, 0.2) is 48.7 Å². The van der Waals surface area contributed by atoms with E-state index < -0.39 is 5.54 Å². The zero-order valence-electron chi connectivity index (χ0n) is 16.9. The summed E-state index contributed by atoms with van der Waals surface area (Å²) in [7, 11) is 1.69. The molecule has 0 bridgehead atoms. The first-order valence-corrected chi connectivity index (χ1v) is 10.2. The molecule has 8 heteroatoms. The van der Waals surface area contributed by atoms with Crippen LogP contribution in [-0.4, -0.2) is 44.6 Å². The van der Waals surface area contributed by atoms with Gasteiger partial charge in [0.1, 0.15) is 5.54 Å². The summed E-state index contributed by atoms with van der Waals surface area (Å²) in [6.07, 6.45) is 2.85. The molecule has 0 saturated carbocycles. The van der Waals surface area contributed by atoms with Crippen molar-refractivity contribution in [3.63, 3.8) is 0 Å². The van der Waals surface area contributed by atoms with Crippen LogP contribution in [0, 0.1) is 0 Å². The molecule has 1 aliphatic heterocycles. The molecule has 2 aromatic carbocycles. The lowest BCUT2D eigenvalue weighted by molar-refractivity contribution is -0.125. The lowest BCUT2D eigenvalue weighted by atomic mass is 9.95. The molecule has 4 aromatic rings. The summed E-state index contributed by atoms with van der Waals surface area (Å²) in [5.41, 5.74) is 5.20. The second-order valence-electron chi connectivity index (χ2n) is 8.35. The van der Waals surface area contributed by atoms with Crippen LogP contribution >= 0.6 is 0 Å². The first-order chi connectivity index (χ1) is 15.0. The number of anilines is 1. The second-order valence-corrected chi connectivity index (χ2v) is 8.35. The monoisotopic (exact) mass is 412 g/mol. The van der Waals surface area contributed by atoms with Crippen LogP contribution in [0.1, 0.15) is 16.8 Å². The Hall–Kier alpha value is -3.94. The van der Waals surface area contributed by atoms with Gasteiger partial charge < -0.3 is 10.2 Å². The predicted octanol–water partition coefficient (Wildman–Crippen LogP) is 2.74. The number of likely N-dealkylation sites (N-methyl/N-ethyl adjacent to an activating group) is 1. The zero-order valence-corrected chi connectivity index (χ0v) is 16.9. The van der Waals surface area contributed by atoms with Gasteiger partial charge in [-0.05, 0) is 47.5 Å². The molecule has 31 heavy (non-hydrogen) atoms. The van der Waals surface area contributed by atoms with Crippen LogP contribution in [-0.2, 0) is 24.2 Å². The number of rotatable bonds is 3. The van der Waals surface area contributed by atoms with Crippen molar-refractivity contribution in [3.05, 3.63) is 65.5 Å². The normalized spacial score (nSPS) is 20.1. The summed E-state index contributed by atoms with van der Waals surface area (Å²) >= 11 is 0. The van der Waals surface area contributed by atoms with Gasteiger partial charge in [0.05, 0.1) is 29.5 Å². The Bertz CT molecular complexity index is 1390. The predicted molar refractivity (Wildman–Crippen MR) is 117 cm³/mol. The van der Waals surface area contributed by atoms with E-state index in [1.165, 1.54) is 0 Å². The smallest absolute Gasteiger partial charge is 0.324 e. The highest BCUT2D eigenvalue weighted by molar-refractivity contribution is 6.07. The molecule has 1 spiro atoms. The molecule has 1 atom stereocenters. The fourth-order valence-electron chi connectivity index (χ4n) is 4.71. The van der Waals surface area contributed by atoms with E-state index >= 15 is 0 Å². The van der Waals surface area contributed by atoms with Gasteiger partial charge in [0.15, 0.2) is 0 Å².